The molecule has 0 spiro atoms. The van der Waals surface area contributed by atoms with E-state index in [4.69, 9.17) is 9.72 Å². The van der Waals surface area contributed by atoms with Crippen LogP contribution >= 0.6 is 0 Å². The maximum absolute atomic E-state index is 12.5. The Kier molecular flexibility index (Phi) is 5.05. The molecule has 1 aliphatic heterocycles. The number of nitrogens with zero attached hydrogens (tertiary/aromatic N) is 5. The number of nitro groups is 1. The van der Waals surface area contributed by atoms with E-state index < -0.39 is 4.92 Å². The van der Waals surface area contributed by atoms with E-state index in [1.54, 1.807) is 43.7 Å². The third-order valence-corrected chi connectivity index (χ3v) is 4.89. The van der Waals surface area contributed by atoms with Crippen LogP contribution in [0, 0.1) is 10.1 Å². The van der Waals surface area contributed by atoms with Gasteiger partial charge in [-0.15, -0.1) is 0 Å². The Morgan fingerprint density at radius 2 is 2.00 bits per heavy atom. The SMILES string of the molecule is Cn1c(N2CCOC(c3cccc([N+](=O)[O-])c3)C2)nc(-c2ccncc2)cc1=O. The van der Waals surface area contributed by atoms with Crippen molar-refractivity contribution in [1.29, 1.82) is 0 Å². The second-order valence-corrected chi connectivity index (χ2v) is 6.73. The highest BCUT2D eigenvalue weighted by atomic mass is 16.6. The largest absolute Gasteiger partial charge is 0.370 e. The molecule has 1 aromatic carbocycles. The van der Waals surface area contributed by atoms with Gasteiger partial charge >= 0.3 is 0 Å². The molecule has 0 N–H and O–H groups in total. The molecule has 0 bridgehead atoms. The molecule has 29 heavy (non-hydrogen) atoms. The minimum absolute atomic E-state index is 0.0217. The van der Waals surface area contributed by atoms with Gasteiger partial charge in [0.2, 0.25) is 5.95 Å². The Hall–Kier alpha value is -3.59. The molecule has 9 nitrogen and oxygen atoms in total. The number of hydrogen-bond donors (Lipinski definition) is 0. The molecule has 0 radical (unpaired) electrons. The molecular weight excluding hydrogens is 374 g/mol. The Morgan fingerprint density at radius 3 is 2.76 bits per heavy atom. The maximum atomic E-state index is 12.5. The van der Waals surface area contributed by atoms with Crippen molar-refractivity contribution in [3.05, 3.63) is 80.9 Å². The molecule has 148 valence electrons. The fourth-order valence-electron chi connectivity index (χ4n) is 3.35. The summed E-state index contributed by atoms with van der Waals surface area (Å²) in [5, 5.41) is 11.1. The third kappa shape index (κ3) is 3.85. The van der Waals surface area contributed by atoms with Crippen LogP contribution in [-0.4, -0.2) is 39.2 Å². The van der Waals surface area contributed by atoms with Crippen molar-refractivity contribution in [3.63, 3.8) is 0 Å². The zero-order valence-corrected chi connectivity index (χ0v) is 15.8. The molecule has 1 saturated heterocycles. The van der Waals surface area contributed by atoms with E-state index in [1.165, 1.54) is 22.8 Å². The second-order valence-electron chi connectivity index (χ2n) is 6.73. The number of ether oxygens (including phenoxy) is 1. The number of anilines is 1. The summed E-state index contributed by atoms with van der Waals surface area (Å²) in [4.78, 5) is 33.8. The number of hydrogen-bond acceptors (Lipinski definition) is 7. The Balaban J connectivity index is 1.66. The molecular formula is C20H19N5O4. The zero-order valence-electron chi connectivity index (χ0n) is 15.8. The molecule has 0 saturated carbocycles. The number of nitro benzene ring substituents is 1. The lowest BCUT2D eigenvalue weighted by Crippen LogP contribution is -2.41. The smallest absolute Gasteiger partial charge is 0.269 e. The lowest BCUT2D eigenvalue weighted by atomic mass is 10.1. The van der Waals surface area contributed by atoms with Crippen LogP contribution in [0.1, 0.15) is 11.7 Å². The Morgan fingerprint density at radius 1 is 1.21 bits per heavy atom. The molecule has 0 aliphatic carbocycles. The standard InChI is InChI=1S/C20H19N5O4/c1-23-19(26)12-17(14-5-7-21-8-6-14)22-20(23)24-9-10-29-18(13-24)15-3-2-4-16(11-15)25(27)28/h2-8,11-12,18H,9-10,13H2,1H3. The summed E-state index contributed by atoms with van der Waals surface area (Å²) in [5.41, 5.74) is 1.96. The summed E-state index contributed by atoms with van der Waals surface area (Å²) in [7, 11) is 1.68. The number of pyridine rings is 1. The van der Waals surface area contributed by atoms with Gasteiger partial charge in [0, 0.05) is 49.7 Å². The number of morpholine rings is 1. The van der Waals surface area contributed by atoms with Crippen LogP contribution in [0.25, 0.3) is 11.3 Å². The van der Waals surface area contributed by atoms with Crippen molar-refractivity contribution in [2.45, 2.75) is 6.10 Å². The van der Waals surface area contributed by atoms with Gasteiger partial charge in [0.05, 0.1) is 23.8 Å². The van der Waals surface area contributed by atoms with Crippen LogP contribution < -0.4 is 10.5 Å². The van der Waals surface area contributed by atoms with Crippen LogP contribution in [0.2, 0.25) is 0 Å². The van der Waals surface area contributed by atoms with E-state index in [-0.39, 0.29) is 17.4 Å². The number of benzene rings is 1. The summed E-state index contributed by atoms with van der Waals surface area (Å²) in [6, 6.07) is 11.5. The molecule has 1 aliphatic rings. The fourth-order valence-corrected chi connectivity index (χ4v) is 3.35. The molecule has 2 aromatic heterocycles. The van der Waals surface area contributed by atoms with Crippen LogP contribution in [0.4, 0.5) is 11.6 Å². The van der Waals surface area contributed by atoms with Gasteiger partial charge in [0.15, 0.2) is 0 Å². The van der Waals surface area contributed by atoms with Crippen LogP contribution in [0.3, 0.4) is 0 Å². The second kappa shape index (κ2) is 7.80. The van der Waals surface area contributed by atoms with Gasteiger partial charge in [0.25, 0.3) is 11.2 Å². The van der Waals surface area contributed by atoms with Gasteiger partial charge < -0.3 is 9.64 Å². The molecule has 3 heterocycles. The molecule has 4 rings (SSSR count). The summed E-state index contributed by atoms with van der Waals surface area (Å²) in [5.74, 6) is 0.531. The molecule has 1 fully saturated rings. The molecule has 1 unspecified atom stereocenters. The van der Waals surface area contributed by atoms with Crippen molar-refractivity contribution < 1.29 is 9.66 Å². The first kappa shape index (κ1) is 18.8. The highest BCUT2D eigenvalue weighted by molar-refractivity contribution is 5.59. The maximum Gasteiger partial charge on any atom is 0.269 e. The number of rotatable bonds is 4. The lowest BCUT2D eigenvalue weighted by molar-refractivity contribution is -0.385. The normalized spacial score (nSPS) is 16.6. The monoisotopic (exact) mass is 393 g/mol. The molecule has 1 atom stereocenters. The highest BCUT2D eigenvalue weighted by Gasteiger charge is 2.26. The van der Waals surface area contributed by atoms with Gasteiger partial charge in [-0.25, -0.2) is 4.98 Å². The summed E-state index contributed by atoms with van der Waals surface area (Å²) >= 11 is 0. The first-order valence-corrected chi connectivity index (χ1v) is 9.12. The van der Waals surface area contributed by atoms with Gasteiger partial charge in [-0.3, -0.25) is 24.5 Å². The van der Waals surface area contributed by atoms with Crippen molar-refractivity contribution in [1.82, 2.24) is 14.5 Å². The van der Waals surface area contributed by atoms with Crippen LogP contribution in [-0.2, 0) is 11.8 Å². The predicted molar refractivity (Wildman–Crippen MR) is 107 cm³/mol. The quantitative estimate of drug-likeness (QED) is 0.495. The van der Waals surface area contributed by atoms with Crippen LogP contribution in [0.15, 0.2) is 59.7 Å². The first-order valence-electron chi connectivity index (χ1n) is 9.12. The molecule has 9 heteroatoms. The van der Waals surface area contributed by atoms with E-state index in [0.717, 1.165) is 11.1 Å². The topological polar surface area (TPSA) is 103 Å². The van der Waals surface area contributed by atoms with Crippen LogP contribution in [0.5, 0.6) is 0 Å². The van der Waals surface area contributed by atoms with Crippen molar-refractivity contribution in [2.24, 2.45) is 7.05 Å². The van der Waals surface area contributed by atoms with E-state index in [0.29, 0.717) is 31.3 Å². The summed E-state index contributed by atoms with van der Waals surface area (Å²) < 4.78 is 7.35. The third-order valence-electron chi connectivity index (χ3n) is 4.89. The first-order chi connectivity index (χ1) is 14.0. The van der Waals surface area contributed by atoms with E-state index in [2.05, 4.69) is 4.98 Å². The van der Waals surface area contributed by atoms with Gasteiger partial charge in [-0.2, -0.15) is 0 Å². The van der Waals surface area contributed by atoms with Gasteiger partial charge in [0.1, 0.15) is 6.10 Å². The van der Waals surface area contributed by atoms with Crippen molar-refractivity contribution in [2.75, 3.05) is 24.6 Å². The highest BCUT2D eigenvalue weighted by Crippen LogP contribution is 2.28. The van der Waals surface area contributed by atoms with E-state index in [9.17, 15) is 14.9 Å². The van der Waals surface area contributed by atoms with Gasteiger partial charge in [-0.1, -0.05) is 12.1 Å². The summed E-state index contributed by atoms with van der Waals surface area (Å²) in [6.45, 7) is 1.41. The average molecular weight is 393 g/mol. The number of non-ortho nitro benzene ring substituents is 1. The van der Waals surface area contributed by atoms with Crippen molar-refractivity contribution in [3.8, 4) is 11.3 Å². The lowest BCUT2D eigenvalue weighted by Gasteiger charge is -2.34. The minimum Gasteiger partial charge on any atom is -0.370 e. The molecule has 0 amide bonds. The average Bonchev–Trinajstić information content (AvgIpc) is 2.76. The zero-order chi connectivity index (χ0) is 20.4. The fraction of sp³-hybridized carbons (Fsp3) is 0.250. The predicted octanol–water partition coefficient (Wildman–Crippen LogP) is 2.33. The Labute approximate surface area is 166 Å². The number of aromatic nitrogens is 3. The van der Waals surface area contributed by atoms with E-state index >= 15 is 0 Å². The van der Waals surface area contributed by atoms with E-state index in [1.807, 2.05) is 4.90 Å². The Bertz CT molecular complexity index is 1100. The van der Waals surface area contributed by atoms with Crippen molar-refractivity contribution >= 4 is 11.6 Å². The van der Waals surface area contributed by atoms with Gasteiger partial charge in [-0.05, 0) is 17.7 Å². The summed E-state index contributed by atoms with van der Waals surface area (Å²) in [6.07, 6.45) is 2.95. The minimum atomic E-state index is -0.423. The molecule has 3 aromatic rings.